The van der Waals surface area contributed by atoms with Gasteiger partial charge in [0.2, 0.25) is 0 Å². The third-order valence-corrected chi connectivity index (χ3v) is 6.25. The molecule has 162 valence electrons. The summed E-state index contributed by atoms with van der Waals surface area (Å²) in [4.78, 5) is 12.6. The minimum absolute atomic E-state index is 0.0333. The van der Waals surface area contributed by atoms with Crippen molar-refractivity contribution in [1.82, 2.24) is 10.2 Å². The number of ether oxygens (including phenoxy) is 1. The third kappa shape index (κ3) is 5.88. The molecule has 8 heteroatoms. The Bertz CT molecular complexity index is 1130. The zero-order chi connectivity index (χ0) is 22.3. The van der Waals surface area contributed by atoms with E-state index in [0.29, 0.717) is 29.1 Å². The SMILES string of the molecule is CCCCOc1ccc(C(=O)Nc2cccc(-c3ccc(S(=O)(=O)CC)nn3)c2)cc1. The Hall–Kier alpha value is -3.26. The molecule has 1 aromatic heterocycles. The molecule has 0 radical (unpaired) electrons. The molecule has 31 heavy (non-hydrogen) atoms. The van der Waals surface area contributed by atoms with E-state index in [-0.39, 0.29) is 16.7 Å². The fourth-order valence-corrected chi connectivity index (χ4v) is 3.52. The van der Waals surface area contributed by atoms with E-state index >= 15 is 0 Å². The van der Waals surface area contributed by atoms with Gasteiger partial charge in [-0.2, -0.15) is 0 Å². The van der Waals surface area contributed by atoms with Crippen molar-refractivity contribution < 1.29 is 17.9 Å². The van der Waals surface area contributed by atoms with Crippen LogP contribution < -0.4 is 10.1 Å². The van der Waals surface area contributed by atoms with Gasteiger partial charge >= 0.3 is 0 Å². The number of carbonyl (C=O) groups is 1. The van der Waals surface area contributed by atoms with Crippen LogP contribution in [0.15, 0.2) is 65.7 Å². The van der Waals surface area contributed by atoms with Crippen LogP contribution in [0.1, 0.15) is 37.0 Å². The number of hydrogen-bond donors (Lipinski definition) is 1. The van der Waals surface area contributed by atoms with Gasteiger partial charge in [-0.1, -0.05) is 32.4 Å². The van der Waals surface area contributed by atoms with E-state index in [1.54, 1.807) is 55.5 Å². The van der Waals surface area contributed by atoms with Gasteiger partial charge in [0.1, 0.15) is 5.75 Å². The number of benzene rings is 2. The summed E-state index contributed by atoms with van der Waals surface area (Å²) in [6, 6.07) is 17.2. The first-order valence-corrected chi connectivity index (χ1v) is 11.8. The quantitative estimate of drug-likeness (QED) is 0.497. The van der Waals surface area contributed by atoms with E-state index in [4.69, 9.17) is 4.74 Å². The molecule has 0 aliphatic rings. The van der Waals surface area contributed by atoms with Gasteiger partial charge < -0.3 is 10.1 Å². The van der Waals surface area contributed by atoms with Crippen LogP contribution >= 0.6 is 0 Å². The Morgan fingerprint density at radius 3 is 2.42 bits per heavy atom. The highest BCUT2D eigenvalue weighted by atomic mass is 32.2. The summed E-state index contributed by atoms with van der Waals surface area (Å²) in [5, 5.41) is 10.7. The van der Waals surface area contributed by atoms with Crippen molar-refractivity contribution in [2.75, 3.05) is 17.7 Å². The summed E-state index contributed by atoms with van der Waals surface area (Å²) in [7, 11) is -3.40. The van der Waals surface area contributed by atoms with E-state index in [1.807, 2.05) is 6.07 Å². The predicted octanol–water partition coefficient (Wildman–Crippen LogP) is 4.37. The molecule has 0 bridgehead atoms. The fourth-order valence-electron chi connectivity index (χ4n) is 2.78. The van der Waals surface area contributed by atoms with Crippen molar-refractivity contribution in [2.24, 2.45) is 0 Å². The Morgan fingerprint density at radius 2 is 1.77 bits per heavy atom. The molecule has 0 atom stereocenters. The summed E-state index contributed by atoms with van der Waals surface area (Å²) in [6.45, 7) is 4.32. The van der Waals surface area contributed by atoms with Crippen molar-refractivity contribution in [2.45, 2.75) is 31.7 Å². The number of anilines is 1. The van der Waals surface area contributed by atoms with Gasteiger partial charge in [-0.3, -0.25) is 4.79 Å². The maximum Gasteiger partial charge on any atom is 0.255 e. The zero-order valence-corrected chi connectivity index (χ0v) is 18.4. The molecule has 1 heterocycles. The maximum atomic E-state index is 12.6. The van der Waals surface area contributed by atoms with Crippen LogP contribution in [0.25, 0.3) is 11.3 Å². The molecule has 0 spiro atoms. The number of sulfone groups is 1. The van der Waals surface area contributed by atoms with Crippen LogP contribution in [0.2, 0.25) is 0 Å². The topological polar surface area (TPSA) is 98.2 Å². The molecule has 3 rings (SSSR count). The highest BCUT2D eigenvalue weighted by Crippen LogP contribution is 2.22. The summed E-state index contributed by atoms with van der Waals surface area (Å²) in [5.41, 5.74) is 2.34. The normalized spacial score (nSPS) is 11.2. The Balaban J connectivity index is 1.69. The largest absolute Gasteiger partial charge is 0.494 e. The summed E-state index contributed by atoms with van der Waals surface area (Å²) in [5.74, 6) is 0.459. The van der Waals surface area contributed by atoms with E-state index in [0.717, 1.165) is 18.6 Å². The highest BCUT2D eigenvalue weighted by molar-refractivity contribution is 7.91. The molecular formula is C23H25N3O4S. The number of aromatic nitrogens is 2. The second-order valence-corrected chi connectivity index (χ2v) is 9.15. The standard InChI is InChI=1S/C23H25N3O4S/c1-3-5-15-30-20-11-9-17(10-12-20)23(27)24-19-8-6-7-18(16-19)21-13-14-22(26-25-21)31(28,29)4-2/h6-14,16H,3-5,15H2,1-2H3,(H,24,27). The molecule has 0 unspecified atom stereocenters. The lowest BCUT2D eigenvalue weighted by atomic mass is 10.1. The van der Waals surface area contributed by atoms with Crippen molar-refractivity contribution >= 4 is 21.4 Å². The van der Waals surface area contributed by atoms with Gasteiger partial charge in [-0.15, -0.1) is 10.2 Å². The Labute approximate surface area is 182 Å². The predicted molar refractivity (Wildman–Crippen MR) is 120 cm³/mol. The highest BCUT2D eigenvalue weighted by Gasteiger charge is 2.14. The van der Waals surface area contributed by atoms with E-state index < -0.39 is 9.84 Å². The van der Waals surface area contributed by atoms with Crippen molar-refractivity contribution in [3.05, 3.63) is 66.2 Å². The number of nitrogens with zero attached hydrogens (tertiary/aromatic N) is 2. The molecule has 7 nitrogen and oxygen atoms in total. The van der Waals surface area contributed by atoms with Crippen LogP contribution in [-0.2, 0) is 9.84 Å². The number of amides is 1. The monoisotopic (exact) mass is 439 g/mol. The third-order valence-electron chi connectivity index (χ3n) is 4.64. The molecule has 3 aromatic rings. The average Bonchev–Trinajstić information content (AvgIpc) is 2.80. The van der Waals surface area contributed by atoms with Crippen LogP contribution in [0.3, 0.4) is 0 Å². The first-order valence-electron chi connectivity index (χ1n) is 10.1. The smallest absolute Gasteiger partial charge is 0.255 e. The lowest BCUT2D eigenvalue weighted by molar-refractivity contribution is 0.102. The molecule has 0 aliphatic heterocycles. The van der Waals surface area contributed by atoms with Crippen LogP contribution in [-0.4, -0.2) is 36.9 Å². The van der Waals surface area contributed by atoms with Gasteiger partial charge in [0.15, 0.2) is 14.9 Å². The van der Waals surface area contributed by atoms with Crippen molar-refractivity contribution in [1.29, 1.82) is 0 Å². The van der Waals surface area contributed by atoms with E-state index in [1.165, 1.54) is 6.07 Å². The average molecular weight is 440 g/mol. The minimum Gasteiger partial charge on any atom is -0.494 e. The Morgan fingerprint density at radius 1 is 1.00 bits per heavy atom. The van der Waals surface area contributed by atoms with Gasteiger partial charge in [0, 0.05) is 16.8 Å². The van der Waals surface area contributed by atoms with Crippen molar-refractivity contribution in [3.8, 4) is 17.0 Å². The molecule has 1 N–H and O–H groups in total. The second kappa shape index (κ2) is 10.2. The van der Waals surface area contributed by atoms with Crippen molar-refractivity contribution in [3.63, 3.8) is 0 Å². The Kier molecular flexibility index (Phi) is 7.36. The number of nitrogens with one attached hydrogen (secondary N) is 1. The molecule has 1 amide bonds. The second-order valence-electron chi connectivity index (χ2n) is 6.92. The molecular weight excluding hydrogens is 414 g/mol. The van der Waals surface area contributed by atoms with Gasteiger partial charge in [0.25, 0.3) is 5.91 Å². The maximum absolute atomic E-state index is 12.6. The molecule has 0 aliphatic carbocycles. The number of rotatable bonds is 9. The van der Waals surface area contributed by atoms with E-state index in [2.05, 4.69) is 22.4 Å². The lowest BCUT2D eigenvalue weighted by Gasteiger charge is -2.09. The summed E-state index contributed by atoms with van der Waals surface area (Å²) < 4.78 is 29.4. The summed E-state index contributed by atoms with van der Waals surface area (Å²) in [6.07, 6.45) is 2.05. The van der Waals surface area contributed by atoms with Crippen LogP contribution in [0, 0.1) is 0 Å². The van der Waals surface area contributed by atoms with E-state index in [9.17, 15) is 13.2 Å². The number of hydrogen-bond acceptors (Lipinski definition) is 6. The first kappa shape index (κ1) is 22.4. The van der Waals surface area contributed by atoms with Crippen LogP contribution in [0.5, 0.6) is 5.75 Å². The van der Waals surface area contributed by atoms with Gasteiger partial charge in [-0.05, 0) is 55.0 Å². The zero-order valence-electron chi connectivity index (χ0n) is 17.5. The molecule has 0 saturated carbocycles. The van der Waals surface area contributed by atoms with Crippen LogP contribution in [0.4, 0.5) is 5.69 Å². The van der Waals surface area contributed by atoms with Gasteiger partial charge in [-0.25, -0.2) is 8.42 Å². The lowest BCUT2D eigenvalue weighted by Crippen LogP contribution is -2.12. The first-order chi connectivity index (χ1) is 14.9. The molecule has 0 saturated heterocycles. The molecule has 2 aromatic carbocycles. The summed E-state index contributed by atoms with van der Waals surface area (Å²) >= 11 is 0. The number of carbonyl (C=O) groups excluding carboxylic acids is 1. The fraction of sp³-hybridized carbons (Fsp3) is 0.261. The minimum atomic E-state index is -3.40. The molecule has 0 fully saturated rings. The van der Waals surface area contributed by atoms with Gasteiger partial charge in [0.05, 0.1) is 18.1 Å². The number of unbranched alkanes of at least 4 members (excludes halogenated alkanes) is 1.